The monoisotopic (exact) mass is 279 g/mol. The third-order valence-electron chi connectivity index (χ3n) is 4.01. The fourth-order valence-corrected chi connectivity index (χ4v) is 2.96. The van der Waals surface area contributed by atoms with E-state index in [1.54, 1.807) is 0 Å². The number of nitrogens with zero attached hydrogens (tertiary/aromatic N) is 3. The number of anilines is 1. The van der Waals surface area contributed by atoms with Gasteiger partial charge >= 0.3 is 6.01 Å². The van der Waals surface area contributed by atoms with E-state index in [-0.39, 0.29) is 17.8 Å². The molecule has 7 heteroatoms. The number of fused-ring (bicyclic) bond motifs is 1. The molecular formula is C13H21N5O2. The van der Waals surface area contributed by atoms with E-state index in [1.165, 1.54) is 0 Å². The summed E-state index contributed by atoms with van der Waals surface area (Å²) < 4.78 is 5.37. The van der Waals surface area contributed by atoms with Crippen LogP contribution in [0, 0.1) is 11.8 Å². The molecule has 0 saturated carbocycles. The van der Waals surface area contributed by atoms with Crippen LogP contribution in [-0.4, -0.2) is 53.7 Å². The second-order valence-electron chi connectivity index (χ2n) is 6.02. The van der Waals surface area contributed by atoms with Crippen molar-refractivity contribution in [3.05, 3.63) is 5.89 Å². The van der Waals surface area contributed by atoms with Gasteiger partial charge in [0, 0.05) is 19.0 Å². The first kappa shape index (κ1) is 13.5. The van der Waals surface area contributed by atoms with E-state index in [1.807, 2.05) is 13.8 Å². The molecule has 2 N–H and O–H groups in total. The lowest BCUT2D eigenvalue weighted by Gasteiger charge is -2.15. The lowest BCUT2D eigenvalue weighted by atomic mass is 10.0. The summed E-state index contributed by atoms with van der Waals surface area (Å²) in [6.45, 7) is 8.46. The molecule has 0 aliphatic carbocycles. The molecule has 0 spiro atoms. The number of carbonyl (C=O) groups is 1. The average Bonchev–Trinajstić information content (AvgIpc) is 3.03. The molecule has 0 aromatic carbocycles. The molecular weight excluding hydrogens is 258 g/mol. The Labute approximate surface area is 118 Å². The summed E-state index contributed by atoms with van der Waals surface area (Å²) in [4.78, 5) is 14.2. The first-order chi connectivity index (χ1) is 9.61. The number of aromatic nitrogens is 2. The molecule has 0 bridgehead atoms. The average molecular weight is 279 g/mol. The highest BCUT2D eigenvalue weighted by atomic mass is 16.4. The van der Waals surface area contributed by atoms with Gasteiger partial charge in [-0.3, -0.25) is 15.0 Å². The van der Waals surface area contributed by atoms with E-state index in [9.17, 15) is 4.79 Å². The van der Waals surface area contributed by atoms with Gasteiger partial charge in [-0.05, 0) is 24.9 Å². The number of rotatable bonds is 4. The number of hydrogen-bond acceptors (Lipinski definition) is 6. The number of likely N-dealkylation sites (tertiary alicyclic amines) is 1. The Kier molecular flexibility index (Phi) is 3.71. The second-order valence-corrected chi connectivity index (χ2v) is 6.02. The van der Waals surface area contributed by atoms with Gasteiger partial charge in [0.05, 0.1) is 6.54 Å². The minimum atomic E-state index is -0.0862. The first-order valence-corrected chi connectivity index (χ1v) is 7.18. The zero-order valence-corrected chi connectivity index (χ0v) is 11.9. The topological polar surface area (TPSA) is 83.3 Å². The lowest BCUT2D eigenvalue weighted by molar-refractivity contribution is -0.117. The predicted molar refractivity (Wildman–Crippen MR) is 73.3 cm³/mol. The first-order valence-electron chi connectivity index (χ1n) is 7.18. The van der Waals surface area contributed by atoms with Crippen molar-refractivity contribution < 1.29 is 9.21 Å². The summed E-state index contributed by atoms with van der Waals surface area (Å²) in [6.07, 6.45) is 0. The Morgan fingerprint density at radius 2 is 2.10 bits per heavy atom. The maximum atomic E-state index is 12.0. The number of carbonyl (C=O) groups excluding carboxylic acids is 1. The molecule has 7 nitrogen and oxygen atoms in total. The van der Waals surface area contributed by atoms with Gasteiger partial charge < -0.3 is 9.73 Å². The molecule has 2 fully saturated rings. The standard InChI is InChI=1S/C13H21N5O2/c1-8(2)12-16-17-13(20-12)15-11(19)7-18-5-9-3-14-4-10(9)6-18/h8-10,14H,3-7H2,1-2H3,(H,15,17,19). The Hall–Kier alpha value is -1.47. The van der Waals surface area contributed by atoms with Gasteiger partial charge in [-0.25, -0.2) is 0 Å². The van der Waals surface area contributed by atoms with Crippen LogP contribution in [0.25, 0.3) is 0 Å². The van der Waals surface area contributed by atoms with Crippen molar-refractivity contribution in [1.82, 2.24) is 20.4 Å². The summed E-state index contributed by atoms with van der Waals surface area (Å²) in [7, 11) is 0. The van der Waals surface area contributed by atoms with Crippen molar-refractivity contribution >= 4 is 11.9 Å². The van der Waals surface area contributed by atoms with Crippen LogP contribution < -0.4 is 10.6 Å². The van der Waals surface area contributed by atoms with Crippen LogP contribution in [0.2, 0.25) is 0 Å². The fourth-order valence-electron chi connectivity index (χ4n) is 2.96. The van der Waals surface area contributed by atoms with E-state index in [2.05, 4.69) is 25.7 Å². The molecule has 2 aliphatic heterocycles. The molecule has 2 aliphatic rings. The molecule has 20 heavy (non-hydrogen) atoms. The van der Waals surface area contributed by atoms with Crippen molar-refractivity contribution in [3.63, 3.8) is 0 Å². The normalized spacial score (nSPS) is 26.1. The Bertz CT molecular complexity index is 475. The van der Waals surface area contributed by atoms with Crippen LogP contribution in [0.1, 0.15) is 25.7 Å². The van der Waals surface area contributed by atoms with E-state index in [4.69, 9.17) is 4.42 Å². The maximum absolute atomic E-state index is 12.0. The quantitative estimate of drug-likeness (QED) is 0.824. The minimum Gasteiger partial charge on any atom is -0.408 e. The lowest BCUT2D eigenvalue weighted by Crippen LogP contribution is -2.33. The van der Waals surface area contributed by atoms with Gasteiger partial charge in [0.25, 0.3) is 0 Å². The number of nitrogens with one attached hydrogen (secondary N) is 2. The molecule has 1 aromatic rings. The summed E-state index contributed by atoms with van der Waals surface area (Å²) in [6, 6.07) is 0.194. The van der Waals surface area contributed by atoms with Crippen molar-refractivity contribution in [3.8, 4) is 0 Å². The van der Waals surface area contributed by atoms with E-state index in [0.717, 1.165) is 26.2 Å². The third kappa shape index (κ3) is 2.83. The summed E-state index contributed by atoms with van der Waals surface area (Å²) in [5, 5.41) is 13.8. The van der Waals surface area contributed by atoms with Crippen molar-refractivity contribution in [2.45, 2.75) is 19.8 Å². The van der Waals surface area contributed by atoms with Crippen molar-refractivity contribution in [1.29, 1.82) is 0 Å². The van der Waals surface area contributed by atoms with Crippen molar-refractivity contribution in [2.75, 3.05) is 38.0 Å². The maximum Gasteiger partial charge on any atom is 0.322 e. The molecule has 110 valence electrons. The van der Waals surface area contributed by atoms with Crippen LogP contribution in [0.3, 0.4) is 0 Å². The summed E-state index contributed by atoms with van der Waals surface area (Å²) in [5.41, 5.74) is 0. The van der Waals surface area contributed by atoms with E-state index < -0.39 is 0 Å². The number of amides is 1. The Balaban J connectivity index is 1.49. The van der Waals surface area contributed by atoms with Crippen LogP contribution in [0.15, 0.2) is 4.42 Å². The summed E-state index contributed by atoms with van der Waals surface area (Å²) >= 11 is 0. The fraction of sp³-hybridized carbons (Fsp3) is 0.769. The van der Waals surface area contributed by atoms with Gasteiger partial charge in [-0.2, -0.15) is 0 Å². The molecule has 3 heterocycles. The molecule has 2 atom stereocenters. The highest BCUT2D eigenvalue weighted by molar-refractivity contribution is 5.90. The molecule has 2 unspecified atom stereocenters. The zero-order chi connectivity index (χ0) is 14.1. The Morgan fingerprint density at radius 3 is 2.70 bits per heavy atom. The van der Waals surface area contributed by atoms with Crippen LogP contribution >= 0.6 is 0 Å². The van der Waals surface area contributed by atoms with Crippen LogP contribution in [0.5, 0.6) is 0 Å². The summed E-state index contributed by atoms with van der Waals surface area (Å²) in [5.74, 6) is 2.01. The van der Waals surface area contributed by atoms with Gasteiger partial charge in [-0.15, -0.1) is 5.10 Å². The van der Waals surface area contributed by atoms with E-state index in [0.29, 0.717) is 24.3 Å². The predicted octanol–water partition coefficient (Wildman–Crippen LogP) is 0.283. The van der Waals surface area contributed by atoms with Crippen molar-refractivity contribution in [2.24, 2.45) is 11.8 Å². The molecule has 3 rings (SSSR count). The molecule has 0 radical (unpaired) electrons. The third-order valence-corrected chi connectivity index (χ3v) is 4.01. The van der Waals surface area contributed by atoms with E-state index >= 15 is 0 Å². The van der Waals surface area contributed by atoms with Crippen LogP contribution in [-0.2, 0) is 4.79 Å². The highest BCUT2D eigenvalue weighted by Gasteiger charge is 2.36. The van der Waals surface area contributed by atoms with Gasteiger partial charge in [0.15, 0.2) is 0 Å². The van der Waals surface area contributed by atoms with Gasteiger partial charge in [0.2, 0.25) is 11.8 Å². The molecule has 1 aromatic heterocycles. The smallest absolute Gasteiger partial charge is 0.322 e. The SMILES string of the molecule is CC(C)c1nnc(NC(=O)CN2CC3CNCC3C2)o1. The largest absolute Gasteiger partial charge is 0.408 e. The number of hydrogen-bond donors (Lipinski definition) is 2. The minimum absolute atomic E-state index is 0.0862. The zero-order valence-electron chi connectivity index (χ0n) is 11.9. The molecule has 2 saturated heterocycles. The van der Waals surface area contributed by atoms with Gasteiger partial charge in [0.1, 0.15) is 0 Å². The highest BCUT2D eigenvalue weighted by Crippen LogP contribution is 2.25. The van der Waals surface area contributed by atoms with Gasteiger partial charge in [-0.1, -0.05) is 18.9 Å². The molecule has 1 amide bonds. The second kappa shape index (κ2) is 5.49. The van der Waals surface area contributed by atoms with Crippen LogP contribution in [0.4, 0.5) is 6.01 Å². The Morgan fingerprint density at radius 1 is 1.40 bits per heavy atom.